The average molecular weight is 800 g/mol. The summed E-state index contributed by atoms with van der Waals surface area (Å²) in [5.41, 5.74) is 0. The lowest BCUT2D eigenvalue weighted by molar-refractivity contribution is -0.889. The summed E-state index contributed by atoms with van der Waals surface area (Å²) in [4.78, 5) is 36.9. The van der Waals surface area contributed by atoms with Crippen molar-refractivity contribution in [3.05, 3.63) is 60.8 Å². The third-order valence-corrected chi connectivity index (χ3v) is 9.89. The number of carbonyl (C=O) groups is 3. The molecule has 0 aromatic rings. The number of rotatable bonds is 40. The normalized spacial score (nSPS) is 13.5. The van der Waals surface area contributed by atoms with Crippen molar-refractivity contribution in [2.24, 2.45) is 0 Å². The van der Waals surface area contributed by atoms with E-state index in [-0.39, 0.29) is 42.7 Å². The number of ether oxygens (including phenoxy) is 3. The Morgan fingerprint density at radius 3 is 1.49 bits per heavy atom. The fourth-order valence-electron chi connectivity index (χ4n) is 6.35. The van der Waals surface area contributed by atoms with Crippen molar-refractivity contribution in [2.45, 2.75) is 193 Å². The number of carboxylic acid groups (broad SMARTS) is 1. The minimum Gasteiger partial charge on any atom is -0.544 e. The Bertz CT molecular complexity index is 1120. The van der Waals surface area contributed by atoms with Crippen LogP contribution in [0.15, 0.2) is 60.8 Å². The third kappa shape index (κ3) is 38.3. The van der Waals surface area contributed by atoms with E-state index in [1.807, 2.05) is 0 Å². The highest BCUT2D eigenvalue weighted by atomic mass is 16.6. The number of hydrogen-bond acceptors (Lipinski definition) is 7. The highest BCUT2D eigenvalue weighted by Gasteiger charge is 2.25. The molecule has 8 nitrogen and oxygen atoms in total. The summed E-state index contributed by atoms with van der Waals surface area (Å²) in [5, 5.41) is 11.6. The number of esters is 2. The molecule has 57 heavy (non-hydrogen) atoms. The molecule has 2 atom stereocenters. The first kappa shape index (κ1) is 54.0. The molecule has 0 aromatic heterocycles. The summed E-state index contributed by atoms with van der Waals surface area (Å²) in [6, 6.07) is -0.733. The first-order valence-corrected chi connectivity index (χ1v) is 22.8. The van der Waals surface area contributed by atoms with Crippen molar-refractivity contribution < 1.29 is 38.2 Å². The third-order valence-electron chi connectivity index (χ3n) is 9.89. The second kappa shape index (κ2) is 39.8. The van der Waals surface area contributed by atoms with Gasteiger partial charge in [-0.1, -0.05) is 145 Å². The lowest BCUT2D eigenvalue weighted by Gasteiger charge is -2.34. The Kier molecular flexibility index (Phi) is 37.8. The molecule has 0 saturated carbocycles. The number of aliphatic carboxylic acids is 1. The van der Waals surface area contributed by atoms with Gasteiger partial charge in [0.2, 0.25) is 0 Å². The maximum Gasteiger partial charge on any atom is 0.306 e. The Labute approximate surface area is 349 Å². The quantitative estimate of drug-likeness (QED) is 0.0263. The summed E-state index contributed by atoms with van der Waals surface area (Å²) in [7, 11) is 5.39. The van der Waals surface area contributed by atoms with Crippen molar-refractivity contribution in [3.63, 3.8) is 0 Å². The molecule has 0 aliphatic heterocycles. The number of nitrogens with zero attached hydrogens (tertiary/aromatic N) is 1. The van der Waals surface area contributed by atoms with Gasteiger partial charge < -0.3 is 28.6 Å². The number of quaternary nitrogens is 1. The van der Waals surface area contributed by atoms with Crippen molar-refractivity contribution >= 4 is 17.9 Å². The molecule has 2 unspecified atom stereocenters. The summed E-state index contributed by atoms with van der Waals surface area (Å²) < 4.78 is 17.1. The number of carbonyl (C=O) groups excluding carboxylic acids is 3. The molecule has 8 heteroatoms. The van der Waals surface area contributed by atoms with E-state index in [1.165, 1.54) is 77.0 Å². The van der Waals surface area contributed by atoms with Crippen molar-refractivity contribution in [1.82, 2.24) is 0 Å². The van der Waals surface area contributed by atoms with E-state index in [4.69, 9.17) is 14.2 Å². The summed E-state index contributed by atoms with van der Waals surface area (Å²) in [5.74, 6) is -1.78. The van der Waals surface area contributed by atoms with Crippen LogP contribution in [0.3, 0.4) is 0 Å². The van der Waals surface area contributed by atoms with Crippen LogP contribution in [0.4, 0.5) is 0 Å². The van der Waals surface area contributed by atoms with Gasteiger partial charge >= 0.3 is 11.9 Å². The zero-order chi connectivity index (χ0) is 42.1. The zero-order valence-corrected chi connectivity index (χ0v) is 37.2. The standard InChI is InChI=1S/C49H85NO7/c1-6-8-10-12-14-16-18-20-22-24-26-28-30-32-34-36-38-40-48(52)57-45(43-55-42-41-46(49(53)54)50(3,4)5)44-56-47(51)39-37-35-33-31-29-27-25-23-21-19-17-15-13-11-9-7-2/h9,11,15,17,20-23,27,29,45-46H,6-8,10,12-14,16,18-19,24-26,28,30-44H2,1-5H3/b11-9+,17-15+,22-20+,23-21+,29-27+. The number of likely N-dealkylation sites (N-methyl/N-ethyl adjacent to an activating group) is 1. The molecule has 0 bridgehead atoms. The van der Waals surface area contributed by atoms with Gasteiger partial charge in [-0.15, -0.1) is 0 Å². The minimum absolute atomic E-state index is 0.0268. The first-order valence-electron chi connectivity index (χ1n) is 22.8. The molecule has 0 aliphatic carbocycles. The van der Waals surface area contributed by atoms with Crippen LogP contribution in [-0.4, -0.2) is 75.5 Å². The van der Waals surface area contributed by atoms with Gasteiger partial charge in [0.15, 0.2) is 6.10 Å². The molecule has 0 rings (SSSR count). The Balaban J connectivity index is 4.39. The SMILES string of the molecule is CC/C=C/C/C=C/C/C=C/C/C=C/CCCCCC(=O)OCC(COCCC(C(=O)[O-])[N+](C)(C)C)OC(=O)CCCCCCCCC/C=C/CCCCCCCC. The molecule has 328 valence electrons. The van der Waals surface area contributed by atoms with Crippen molar-refractivity contribution in [3.8, 4) is 0 Å². The minimum atomic E-state index is -1.13. The monoisotopic (exact) mass is 800 g/mol. The number of hydrogen-bond donors (Lipinski definition) is 0. The lowest BCUT2D eigenvalue weighted by atomic mass is 10.1. The van der Waals surface area contributed by atoms with E-state index in [0.717, 1.165) is 70.6 Å². The van der Waals surface area contributed by atoms with Gasteiger partial charge in [0.1, 0.15) is 12.6 Å². The van der Waals surface area contributed by atoms with Gasteiger partial charge in [-0.25, -0.2) is 0 Å². The molecule has 0 aromatic carbocycles. The molecule has 0 saturated heterocycles. The molecule has 0 radical (unpaired) electrons. The largest absolute Gasteiger partial charge is 0.544 e. The Hall–Kier alpha value is -2.97. The van der Waals surface area contributed by atoms with Gasteiger partial charge in [0, 0.05) is 19.3 Å². The molecule has 0 fully saturated rings. The number of carboxylic acids is 1. The number of unbranched alkanes of at least 4 members (excludes halogenated alkanes) is 16. The lowest BCUT2D eigenvalue weighted by Crippen LogP contribution is -2.55. The smallest absolute Gasteiger partial charge is 0.306 e. The van der Waals surface area contributed by atoms with E-state index in [0.29, 0.717) is 12.8 Å². The van der Waals surface area contributed by atoms with E-state index < -0.39 is 18.1 Å². The first-order chi connectivity index (χ1) is 27.6. The molecule has 0 amide bonds. The molecule has 0 heterocycles. The highest BCUT2D eigenvalue weighted by molar-refractivity contribution is 5.70. The molecule has 0 aliphatic rings. The maximum absolute atomic E-state index is 12.7. The van der Waals surface area contributed by atoms with Crippen LogP contribution < -0.4 is 5.11 Å². The molecule has 0 spiro atoms. The second-order valence-corrected chi connectivity index (χ2v) is 16.3. The number of allylic oxidation sites excluding steroid dienone is 10. The van der Waals surface area contributed by atoms with Crippen LogP contribution in [-0.2, 0) is 28.6 Å². The Morgan fingerprint density at radius 1 is 0.544 bits per heavy atom. The van der Waals surface area contributed by atoms with Gasteiger partial charge in [-0.05, 0) is 77.0 Å². The summed E-state index contributed by atoms with van der Waals surface area (Å²) in [6.07, 6.45) is 48.1. The van der Waals surface area contributed by atoms with Crippen LogP contribution in [0.2, 0.25) is 0 Å². The van der Waals surface area contributed by atoms with Crippen molar-refractivity contribution in [2.75, 3.05) is 41.0 Å². The second-order valence-electron chi connectivity index (χ2n) is 16.3. The maximum atomic E-state index is 12.7. The van der Waals surface area contributed by atoms with E-state index in [2.05, 4.69) is 74.6 Å². The summed E-state index contributed by atoms with van der Waals surface area (Å²) >= 11 is 0. The van der Waals surface area contributed by atoms with Crippen LogP contribution in [0.5, 0.6) is 0 Å². The summed E-state index contributed by atoms with van der Waals surface area (Å²) in [6.45, 7) is 4.50. The van der Waals surface area contributed by atoms with Crippen LogP contribution in [0.1, 0.15) is 181 Å². The molecular formula is C49H85NO7. The highest BCUT2D eigenvalue weighted by Crippen LogP contribution is 2.13. The molecule has 0 N–H and O–H groups in total. The predicted octanol–water partition coefficient (Wildman–Crippen LogP) is 11.2. The van der Waals surface area contributed by atoms with Crippen LogP contribution >= 0.6 is 0 Å². The fourth-order valence-corrected chi connectivity index (χ4v) is 6.35. The van der Waals surface area contributed by atoms with Gasteiger partial charge in [-0.3, -0.25) is 9.59 Å². The zero-order valence-electron chi connectivity index (χ0n) is 37.2. The van der Waals surface area contributed by atoms with E-state index >= 15 is 0 Å². The van der Waals surface area contributed by atoms with E-state index in [9.17, 15) is 19.5 Å². The van der Waals surface area contributed by atoms with Gasteiger partial charge in [0.25, 0.3) is 0 Å². The van der Waals surface area contributed by atoms with Gasteiger partial charge in [-0.2, -0.15) is 0 Å². The Morgan fingerprint density at radius 2 is 0.982 bits per heavy atom. The van der Waals surface area contributed by atoms with Gasteiger partial charge in [0.05, 0.1) is 40.3 Å². The van der Waals surface area contributed by atoms with Crippen molar-refractivity contribution in [1.29, 1.82) is 0 Å². The fraction of sp³-hybridized carbons (Fsp3) is 0.735. The topological polar surface area (TPSA) is 102 Å². The van der Waals surface area contributed by atoms with Crippen LogP contribution in [0.25, 0.3) is 0 Å². The van der Waals surface area contributed by atoms with E-state index in [1.54, 1.807) is 21.1 Å². The average Bonchev–Trinajstić information content (AvgIpc) is 3.17. The predicted molar refractivity (Wildman–Crippen MR) is 236 cm³/mol. The molecular weight excluding hydrogens is 715 g/mol. The van der Waals surface area contributed by atoms with Crippen LogP contribution in [0, 0.1) is 0 Å².